The largest absolute Gasteiger partial charge is 0.456 e. The Morgan fingerprint density at radius 3 is 2.76 bits per heavy atom. The molecule has 168 valence electrons. The summed E-state index contributed by atoms with van der Waals surface area (Å²) < 4.78 is 6.04. The van der Waals surface area contributed by atoms with Gasteiger partial charge in [-0.2, -0.15) is 0 Å². The predicted octanol–water partition coefficient (Wildman–Crippen LogP) is 6.10. The van der Waals surface area contributed by atoms with E-state index in [0.717, 1.165) is 29.2 Å². The van der Waals surface area contributed by atoms with Crippen molar-refractivity contribution in [2.75, 3.05) is 18.4 Å². The first kappa shape index (κ1) is 21.2. The molecule has 1 N–H and O–H groups in total. The van der Waals surface area contributed by atoms with E-state index in [4.69, 9.17) is 4.74 Å². The van der Waals surface area contributed by atoms with Crippen LogP contribution in [0.25, 0.3) is 6.08 Å². The molecule has 1 aromatic carbocycles. The predicted molar refractivity (Wildman–Crippen MR) is 129 cm³/mol. The molecule has 1 aliphatic carbocycles. The smallest absolute Gasteiger partial charge is 0.321 e. The average Bonchev–Trinajstić information content (AvgIpc) is 3.67. The third-order valence-electron chi connectivity index (χ3n) is 6.20. The first-order valence-electron chi connectivity index (χ1n) is 11.5. The summed E-state index contributed by atoms with van der Waals surface area (Å²) in [6.45, 7) is 3.55. The van der Waals surface area contributed by atoms with Crippen molar-refractivity contribution in [2.24, 2.45) is 5.92 Å². The van der Waals surface area contributed by atoms with Gasteiger partial charge in [0.1, 0.15) is 11.5 Å². The van der Waals surface area contributed by atoms with E-state index in [1.807, 2.05) is 41.4 Å². The highest BCUT2D eigenvalue weighted by Crippen LogP contribution is 2.39. The fourth-order valence-electron chi connectivity index (χ4n) is 4.18. The first-order valence-corrected chi connectivity index (χ1v) is 11.5. The molecule has 2 fully saturated rings. The van der Waals surface area contributed by atoms with Gasteiger partial charge in [0.15, 0.2) is 0 Å². The summed E-state index contributed by atoms with van der Waals surface area (Å²) in [6, 6.07) is 15.8. The molecule has 2 aliphatic rings. The zero-order valence-electron chi connectivity index (χ0n) is 18.8. The Bertz CT molecular complexity index is 1140. The molecule has 1 saturated heterocycles. The molecule has 6 heteroatoms. The van der Waals surface area contributed by atoms with E-state index < -0.39 is 0 Å². The number of aromatic nitrogens is 2. The molecule has 2 amide bonds. The van der Waals surface area contributed by atoms with Crippen molar-refractivity contribution in [3.05, 3.63) is 84.0 Å². The Labute approximate surface area is 194 Å². The van der Waals surface area contributed by atoms with Gasteiger partial charge < -0.3 is 15.0 Å². The maximum Gasteiger partial charge on any atom is 0.321 e. The molecular formula is C27H28N4O2. The molecule has 0 radical (unpaired) electrons. The number of pyridine rings is 2. The Morgan fingerprint density at radius 1 is 1.12 bits per heavy atom. The number of hydrogen-bond donors (Lipinski definition) is 1. The Morgan fingerprint density at radius 2 is 2.03 bits per heavy atom. The van der Waals surface area contributed by atoms with Gasteiger partial charge in [0, 0.05) is 30.9 Å². The lowest BCUT2D eigenvalue weighted by molar-refractivity contribution is 0.198. The van der Waals surface area contributed by atoms with Gasteiger partial charge in [-0.3, -0.25) is 9.97 Å². The number of urea groups is 1. The number of likely N-dealkylation sites (tertiary alicyclic amines) is 1. The van der Waals surface area contributed by atoms with E-state index in [2.05, 4.69) is 46.5 Å². The van der Waals surface area contributed by atoms with Crippen molar-refractivity contribution in [1.82, 2.24) is 14.9 Å². The third-order valence-corrected chi connectivity index (χ3v) is 6.20. The first-order chi connectivity index (χ1) is 16.1. The molecule has 2 aromatic heterocycles. The zero-order chi connectivity index (χ0) is 22.6. The standard InChI is InChI=1S/C27H28N4O2/c1-19-18-31(27(32)30-23-5-3-12-28-16-23)13-11-22(19)14-20-4-2-6-24(15-20)33-25-9-10-26(29-17-25)21-7-8-21/h2-6,9-10,12,14-17,19,21H,7-8,11,13,18H2,1H3,(H,30,32)/b22-14+. The van der Waals surface area contributed by atoms with E-state index in [0.29, 0.717) is 24.7 Å². The maximum absolute atomic E-state index is 12.6. The van der Waals surface area contributed by atoms with Crippen LogP contribution >= 0.6 is 0 Å². The number of hydrogen-bond acceptors (Lipinski definition) is 4. The van der Waals surface area contributed by atoms with Crippen molar-refractivity contribution in [3.63, 3.8) is 0 Å². The summed E-state index contributed by atoms with van der Waals surface area (Å²) in [7, 11) is 0. The number of carbonyl (C=O) groups is 1. The van der Waals surface area contributed by atoms with E-state index >= 15 is 0 Å². The number of nitrogens with zero attached hydrogens (tertiary/aromatic N) is 3. The normalized spacial score (nSPS) is 19.4. The summed E-state index contributed by atoms with van der Waals surface area (Å²) in [5.74, 6) is 2.47. The molecule has 3 heterocycles. The van der Waals surface area contributed by atoms with Gasteiger partial charge in [-0.25, -0.2) is 4.79 Å². The fraction of sp³-hybridized carbons (Fsp3) is 0.296. The molecule has 1 atom stereocenters. The van der Waals surface area contributed by atoms with Gasteiger partial charge >= 0.3 is 6.03 Å². The van der Waals surface area contributed by atoms with Crippen LogP contribution in [-0.4, -0.2) is 34.0 Å². The van der Waals surface area contributed by atoms with Crippen molar-refractivity contribution in [3.8, 4) is 11.5 Å². The third kappa shape index (κ3) is 5.40. The monoisotopic (exact) mass is 440 g/mol. The molecule has 1 saturated carbocycles. The van der Waals surface area contributed by atoms with Gasteiger partial charge in [-0.1, -0.05) is 30.7 Å². The average molecular weight is 441 g/mol. The van der Waals surface area contributed by atoms with Crippen molar-refractivity contribution in [2.45, 2.75) is 32.1 Å². The SMILES string of the molecule is CC1CN(C(=O)Nc2cccnc2)CC/C1=C\c1cccc(Oc2ccc(C3CC3)nc2)c1. The molecule has 0 spiro atoms. The molecule has 1 aliphatic heterocycles. The van der Waals surface area contributed by atoms with Crippen LogP contribution in [0.2, 0.25) is 0 Å². The number of amides is 2. The number of nitrogens with one attached hydrogen (secondary N) is 1. The van der Waals surface area contributed by atoms with Crippen LogP contribution in [0.5, 0.6) is 11.5 Å². The van der Waals surface area contributed by atoms with Gasteiger partial charge in [-0.05, 0) is 67.1 Å². The van der Waals surface area contributed by atoms with E-state index in [1.165, 1.54) is 18.4 Å². The maximum atomic E-state index is 12.6. The summed E-state index contributed by atoms with van der Waals surface area (Å²) in [4.78, 5) is 23.1. The lowest BCUT2D eigenvalue weighted by atomic mass is 9.91. The number of benzene rings is 1. The highest BCUT2D eigenvalue weighted by Gasteiger charge is 2.25. The van der Waals surface area contributed by atoms with Gasteiger partial charge in [0.2, 0.25) is 0 Å². The van der Waals surface area contributed by atoms with E-state index in [-0.39, 0.29) is 11.9 Å². The minimum atomic E-state index is -0.0781. The molecule has 3 aromatic rings. The van der Waals surface area contributed by atoms with Crippen molar-refractivity contribution >= 4 is 17.8 Å². The van der Waals surface area contributed by atoms with Crippen molar-refractivity contribution < 1.29 is 9.53 Å². The lowest BCUT2D eigenvalue weighted by Gasteiger charge is -2.33. The number of anilines is 1. The van der Waals surface area contributed by atoms with Gasteiger partial charge in [0.05, 0.1) is 18.1 Å². The van der Waals surface area contributed by atoms with Crippen LogP contribution in [0.4, 0.5) is 10.5 Å². The van der Waals surface area contributed by atoms with Crippen LogP contribution < -0.4 is 10.1 Å². The Balaban J connectivity index is 1.21. The Hall–Kier alpha value is -3.67. The van der Waals surface area contributed by atoms with Gasteiger partial charge in [0.25, 0.3) is 0 Å². The second-order valence-electron chi connectivity index (χ2n) is 8.86. The topological polar surface area (TPSA) is 67.4 Å². The molecule has 1 unspecified atom stereocenters. The minimum absolute atomic E-state index is 0.0781. The summed E-state index contributed by atoms with van der Waals surface area (Å²) in [5, 5.41) is 2.92. The highest BCUT2D eigenvalue weighted by molar-refractivity contribution is 5.89. The summed E-state index contributed by atoms with van der Waals surface area (Å²) in [5.41, 5.74) is 4.32. The van der Waals surface area contributed by atoms with Crippen LogP contribution in [0.15, 0.2) is 72.7 Å². The van der Waals surface area contributed by atoms with Gasteiger partial charge in [-0.15, -0.1) is 0 Å². The second-order valence-corrected chi connectivity index (χ2v) is 8.86. The quantitative estimate of drug-likeness (QED) is 0.520. The fourth-order valence-corrected chi connectivity index (χ4v) is 4.18. The van der Waals surface area contributed by atoms with Crippen LogP contribution in [0, 0.1) is 5.92 Å². The summed E-state index contributed by atoms with van der Waals surface area (Å²) >= 11 is 0. The van der Waals surface area contributed by atoms with Crippen molar-refractivity contribution in [1.29, 1.82) is 0 Å². The van der Waals surface area contributed by atoms with Crippen LogP contribution in [-0.2, 0) is 0 Å². The Kier molecular flexibility index (Phi) is 6.07. The molecule has 0 bridgehead atoms. The number of piperidine rings is 1. The van der Waals surface area contributed by atoms with Crippen LogP contribution in [0.3, 0.4) is 0 Å². The molecular weight excluding hydrogens is 412 g/mol. The molecule has 5 rings (SSSR count). The lowest BCUT2D eigenvalue weighted by Crippen LogP contribution is -2.42. The highest BCUT2D eigenvalue weighted by atomic mass is 16.5. The minimum Gasteiger partial charge on any atom is -0.456 e. The molecule has 33 heavy (non-hydrogen) atoms. The number of rotatable bonds is 5. The second kappa shape index (κ2) is 9.45. The number of ether oxygens (including phenoxy) is 1. The van der Waals surface area contributed by atoms with E-state index in [1.54, 1.807) is 12.4 Å². The van der Waals surface area contributed by atoms with E-state index in [9.17, 15) is 4.79 Å². The zero-order valence-corrected chi connectivity index (χ0v) is 18.8. The number of carbonyl (C=O) groups excluding carboxylic acids is 1. The summed E-state index contributed by atoms with van der Waals surface area (Å²) in [6.07, 6.45) is 10.7. The molecule has 6 nitrogen and oxygen atoms in total. The van der Waals surface area contributed by atoms with Crippen LogP contribution in [0.1, 0.15) is 43.4 Å².